The van der Waals surface area contributed by atoms with Gasteiger partial charge in [-0.1, -0.05) is 23.8 Å². The minimum Gasteiger partial charge on any atom is -0.397 e. The molecule has 2 aromatic rings. The van der Waals surface area contributed by atoms with E-state index >= 15 is 0 Å². The van der Waals surface area contributed by atoms with Gasteiger partial charge in [0.25, 0.3) is 10.0 Å². The molecular weight excluding hydrogens is 272 g/mol. The first-order valence-electron chi connectivity index (χ1n) is 6.26. The lowest BCUT2D eigenvalue weighted by Gasteiger charge is -2.13. The standard InChI is InChI=1S/C15H18N2O2S/c1-10-4-6-13(7-5-10)20(18,19)17-14-9-11(2)8-12(3)15(14)16/h4-9,17H,16H2,1-3H3. The average molecular weight is 290 g/mol. The molecule has 0 radical (unpaired) electrons. The van der Waals surface area contributed by atoms with E-state index < -0.39 is 10.0 Å². The van der Waals surface area contributed by atoms with Gasteiger partial charge in [0.15, 0.2) is 0 Å². The zero-order chi connectivity index (χ0) is 14.9. The van der Waals surface area contributed by atoms with Crippen molar-refractivity contribution >= 4 is 21.4 Å². The molecule has 0 unspecified atom stereocenters. The van der Waals surface area contributed by atoms with E-state index in [9.17, 15) is 8.42 Å². The van der Waals surface area contributed by atoms with Gasteiger partial charge in [-0.05, 0) is 50.1 Å². The zero-order valence-corrected chi connectivity index (χ0v) is 12.6. The Kier molecular flexibility index (Phi) is 3.72. The van der Waals surface area contributed by atoms with Crippen molar-refractivity contribution in [1.29, 1.82) is 0 Å². The number of rotatable bonds is 3. The van der Waals surface area contributed by atoms with E-state index in [-0.39, 0.29) is 4.90 Å². The summed E-state index contributed by atoms with van der Waals surface area (Å²) >= 11 is 0. The Hall–Kier alpha value is -2.01. The molecule has 0 spiro atoms. The number of sulfonamides is 1. The fourth-order valence-corrected chi connectivity index (χ4v) is 3.05. The average Bonchev–Trinajstić information content (AvgIpc) is 2.35. The third-order valence-corrected chi connectivity index (χ3v) is 4.49. The van der Waals surface area contributed by atoms with E-state index in [2.05, 4.69) is 4.72 Å². The van der Waals surface area contributed by atoms with E-state index in [1.54, 1.807) is 30.3 Å². The SMILES string of the molecule is Cc1ccc(S(=O)(=O)Nc2cc(C)cc(C)c2N)cc1. The van der Waals surface area contributed by atoms with Gasteiger partial charge in [-0.3, -0.25) is 4.72 Å². The summed E-state index contributed by atoms with van der Waals surface area (Å²) in [5.74, 6) is 0. The highest BCUT2D eigenvalue weighted by Crippen LogP contribution is 2.26. The van der Waals surface area contributed by atoms with Crippen LogP contribution in [0.25, 0.3) is 0 Å². The van der Waals surface area contributed by atoms with Gasteiger partial charge in [0, 0.05) is 0 Å². The second-order valence-corrected chi connectivity index (χ2v) is 6.64. The number of benzene rings is 2. The number of hydrogen-bond donors (Lipinski definition) is 2. The first kappa shape index (κ1) is 14.4. The Balaban J connectivity index is 2.41. The van der Waals surface area contributed by atoms with Crippen molar-refractivity contribution in [2.75, 3.05) is 10.5 Å². The molecule has 0 fully saturated rings. The Morgan fingerprint density at radius 2 is 1.55 bits per heavy atom. The number of nitrogens with one attached hydrogen (secondary N) is 1. The summed E-state index contributed by atoms with van der Waals surface area (Å²) in [5, 5.41) is 0. The van der Waals surface area contributed by atoms with Crippen LogP contribution >= 0.6 is 0 Å². The molecule has 0 bridgehead atoms. The maximum atomic E-state index is 12.3. The van der Waals surface area contributed by atoms with Crippen LogP contribution < -0.4 is 10.5 Å². The molecule has 0 aliphatic rings. The summed E-state index contributed by atoms with van der Waals surface area (Å²) < 4.78 is 27.2. The summed E-state index contributed by atoms with van der Waals surface area (Å²) in [6, 6.07) is 10.3. The Morgan fingerprint density at radius 1 is 0.950 bits per heavy atom. The summed E-state index contributed by atoms with van der Waals surface area (Å²) in [6.45, 7) is 5.66. The Morgan fingerprint density at radius 3 is 2.15 bits per heavy atom. The first-order chi connectivity index (χ1) is 9.29. The molecule has 0 heterocycles. The van der Waals surface area contributed by atoms with Crippen molar-refractivity contribution in [2.45, 2.75) is 25.7 Å². The molecule has 5 heteroatoms. The minimum absolute atomic E-state index is 0.224. The lowest BCUT2D eigenvalue weighted by Crippen LogP contribution is -2.14. The van der Waals surface area contributed by atoms with Crippen molar-refractivity contribution in [1.82, 2.24) is 0 Å². The van der Waals surface area contributed by atoms with Crippen LogP contribution in [0.15, 0.2) is 41.3 Å². The fraction of sp³-hybridized carbons (Fsp3) is 0.200. The van der Waals surface area contributed by atoms with Crippen molar-refractivity contribution in [2.24, 2.45) is 0 Å². The summed E-state index contributed by atoms with van der Waals surface area (Å²) in [7, 11) is -3.62. The van der Waals surface area contributed by atoms with Crippen LogP contribution in [0.5, 0.6) is 0 Å². The van der Waals surface area contributed by atoms with Crippen LogP contribution in [0.1, 0.15) is 16.7 Å². The monoisotopic (exact) mass is 290 g/mol. The van der Waals surface area contributed by atoms with Crippen LogP contribution in [0.3, 0.4) is 0 Å². The quantitative estimate of drug-likeness (QED) is 0.854. The topological polar surface area (TPSA) is 72.2 Å². The van der Waals surface area contributed by atoms with E-state index in [1.807, 2.05) is 26.8 Å². The van der Waals surface area contributed by atoms with Crippen LogP contribution in [0, 0.1) is 20.8 Å². The predicted octanol–water partition coefficient (Wildman–Crippen LogP) is 2.99. The maximum Gasteiger partial charge on any atom is 0.261 e. The van der Waals surface area contributed by atoms with Crippen molar-refractivity contribution in [3.05, 3.63) is 53.1 Å². The van der Waals surface area contributed by atoms with E-state index in [0.717, 1.165) is 16.7 Å². The largest absolute Gasteiger partial charge is 0.397 e. The molecule has 0 aliphatic carbocycles. The summed E-state index contributed by atoms with van der Waals surface area (Å²) in [6.07, 6.45) is 0. The molecule has 106 valence electrons. The van der Waals surface area contributed by atoms with E-state index in [0.29, 0.717) is 11.4 Å². The summed E-state index contributed by atoms with van der Waals surface area (Å²) in [5.41, 5.74) is 9.62. The minimum atomic E-state index is -3.62. The van der Waals surface area contributed by atoms with Gasteiger partial charge in [0.2, 0.25) is 0 Å². The van der Waals surface area contributed by atoms with Gasteiger partial charge < -0.3 is 5.73 Å². The molecular formula is C15H18N2O2S. The second-order valence-electron chi connectivity index (χ2n) is 4.96. The third-order valence-electron chi connectivity index (χ3n) is 3.11. The molecule has 0 aliphatic heterocycles. The molecule has 0 aromatic heterocycles. The second kappa shape index (κ2) is 5.17. The van der Waals surface area contributed by atoms with Crippen LogP contribution in [0.2, 0.25) is 0 Å². The fourth-order valence-electron chi connectivity index (χ4n) is 1.98. The van der Waals surface area contributed by atoms with Gasteiger partial charge in [-0.15, -0.1) is 0 Å². The number of nitrogens with two attached hydrogens (primary N) is 1. The molecule has 0 atom stereocenters. The smallest absolute Gasteiger partial charge is 0.261 e. The highest BCUT2D eigenvalue weighted by atomic mass is 32.2. The van der Waals surface area contributed by atoms with Gasteiger partial charge in [0.1, 0.15) is 0 Å². The molecule has 3 N–H and O–H groups in total. The van der Waals surface area contributed by atoms with E-state index in [4.69, 9.17) is 5.73 Å². The predicted molar refractivity (Wildman–Crippen MR) is 82.3 cm³/mol. The molecule has 4 nitrogen and oxygen atoms in total. The van der Waals surface area contributed by atoms with Crippen molar-refractivity contribution in [3.8, 4) is 0 Å². The normalized spacial score (nSPS) is 11.3. The van der Waals surface area contributed by atoms with Gasteiger partial charge in [-0.25, -0.2) is 8.42 Å². The van der Waals surface area contributed by atoms with Crippen molar-refractivity contribution in [3.63, 3.8) is 0 Å². The Bertz CT molecular complexity index is 735. The Labute approximate surface area is 119 Å². The van der Waals surface area contributed by atoms with Gasteiger partial charge >= 0.3 is 0 Å². The highest BCUT2D eigenvalue weighted by Gasteiger charge is 2.16. The molecule has 2 aromatic carbocycles. The van der Waals surface area contributed by atoms with Crippen LogP contribution in [-0.4, -0.2) is 8.42 Å². The van der Waals surface area contributed by atoms with Crippen molar-refractivity contribution < 1.29 is 8.42 Å². The molecule has 20 heavy (non-hydrogen) atoms. The van der Waals surface area contributed by atoms with Gasteiger partial charge in [0.05, 0.1) is 16.3 Å². The van der Waals surface area contributed by atoms with Gasteiger partial charge in [-0.2, -0.15) is 0 Å². The lowest BCUT2D eigenvalue weighted by molar-refractivity contribution is 0.601. The highest BCUT2D eigenvalue weighted by molar-refractivity contribution is 7.92. The van der Waals surface area contributed by atoms with Crippen LogP contribution in [0.4, 0.5) is 11.4 Å². The molecule has 0 saturated carbocycles. The third kappa shape index (κ3) is 2.93. The van der Waals surface area contributed by atoms with E-state index in [1.165, 1.54) is 0 Å². The first-order valence-corrected chi connectivity index (χ1v) is 7.74. The number of aryl methyl sites for hydroxylation is 3. The summed E-state index contributed by atoms with van der Waals surface area (Å²) in [4.78, 5) is 0.224. The zero-order valence-electron chi connectivity index (χ0n) is 11.8. The molecule has 0 saturated heterocycles. The molecule has 0 amide bonds. The number of anilines is 2. The maximum absolute atomic E-state index is 12.3. The lowest BCUT2D eigenvalue weighted by atomic mass is 10.1. The number of nitrogen functional groups attached to an aromatic ring is 1. The number of hydrogen-bond acceptors (Lipinski definition) is 3. The van der Waals surface area contributed by atoms with Crippen LogP contribution in [-0.2, 0) is 10.0 Å². The molecule has 2 rings (SSSR count).